The van der Waals surface area contributed by atoms with Gasteiger partial charge in [0.2, 0.25) is 5.91 Å². The number of hydrogen-bond donors (Lipinski definition) is 3. The Morgan fingerprint density at radius 3 is 1.48 bits per heavy atom. The number of aliphatic hydroxyl groups excluding tert-OH is 1. The molecule has 0 bridgehead atoms. The van der Waals surface area contributed by atoms with Crippen molar-refractivity contribution in [1.29, 1.82) is 0 Å². The van der Waals surface area contributed by atoms with Gasteiger partial charge in [0.15, 0.2) is 0 Å². The first-order chi connectivity index (χ1) is 27.0. The topological polar surface area (TPSA) is 105 Å². The third-order valence-electron chi connectivity index (χ3n) is 10.0. The molecule has 3 N–H and O–H groups in total. The summed E-state index contributed by atoms with van der Waals surface area (Å²) < 4.78 is 23.5. The minimum absolute atomic E-state index is 0.0572. The maximum Gasteiger partial charge on any atom is 0.472 e. The van der Waals surface area contributed by atoms with E-state index in [4.69, 9.17) is 9.05 Å². The highest BCUT2D eigenvalue weighted by molar-refractivity contribution is 7.47. The summed E-state index contributed by atoms with van der Waals surface area (Å²) in [5.74, 6) is -0.192. The molecule has 0 aromatic heterocycles. The Morgan fingerprint density at radius 1 is 0.607 bits per heavy atom. The molecular formula is C47H90N2O6P+. The minimum Gasteiger partial charge on any atom is -0.387 e. The van der Waals surface area contributed by atoms with Gasteiger partial charge in [-0.25, -0.2) is 4.57 Å². The molecule has 0 aromatic carbocycles. The van der Waals surface area contributed by atoms with Crippen LogP contribution < -0.4 is 5.32 Å². The lowest BCUT2D eigenvalue weighted by atomic mass is 10.0. The third-order valence-corrected chi connectivity index (χ3v) is 11.0. The number of carbonyl (C=O) groups is 1. The second kappa shape index (κ2) is 38.9. The molecule has 56 heavy (non-hydrogen) atoms. The van der Waals surface area contributed by atoms with Gasteiger partial charge in [-0.2, -0.15) is 0 Å². The molecule has 9 heteroatoms. The van der Waals surface area contributed by atoms with Gasteiger partial charge in [0.05, 0.1) is 39.9 Å². The predicted octanol–water partition coefficient (Wildman–Crippen LogP) is 12.9. The molecule has 0 aliphatic heterocycles. The van der Waals surface area contributed by atoms with Gasteiger partial charge in [-0.05, 0) is 57.8 Å². The van der Waals surface area contributed by atoms with Crippen LogP contribution in [0.5, 0.6) is 0 Å². The molecule has 0 heterocycles. The third kappa shape index (κ3) is 40.6. The standard InChI is InChI=1S/C47H89N2O6P/c1-6-8-10-12-14-16-18-20-21-22-23-24-25-26-27-29-31-33-35-37-39-41-47(51)48-45(44-55-56(52,53)54-43-42-49(3,4)5)46(50)40-38-36-34-32-30-28-19-17-15-13-11-9-7-2/h18,20,22-23,25-26,38,40,45-46,50H,6-17,19,21,24,27-37,39,41-44H2,1-5H3,(H-,48,51,52,53)/p+1/b20-18-,23-22-,26-25-,40-38+. The van der Waals surface area contributed by atoms with Gasteiger partial charge in [0.25, 0.3) is 0 Å². The molecule has 1 amide bonds. The maximum absolute atomic E-state index is 12.9. The first kappa shape index (κ1) is 54.5. The van der Waals surface area contributed by atoms with Crippen molar-refractivity contribution < 1.29 is 32.9 Å². The summed E-state index contributed by atoms with van der Waals surface area (Å²) in [5, 5.41) is 13.8. The Kier molecular flexibility index (Phi) is 37.9. The van der Waals surface area contributed by atoms with Crippen LogP contribution in [0.3, 0.4) is 0 Å². The maximum atomic E-state index is 12.9. The summed E-state index contributed by atoms with van der Waals surface area (Å²) in [6, 6.07) is -0.853. The van der Waals surface area contributed by atoms with Gasteiger partial charge < -0.3 is 19.8 Å². The normalized spacial score (nSPS) is 14.8. The number of quaternary nitrogens is 1. The quantitative estimate of drug-likeness (QED) is 0.0246. The number of aliphatic hydroxyl groups is 1. The smallest absolute Gasteiger partial charge is 0.387 e. The molecule has 0 spiro atoms. The first-order valence-electron chi connectivity index (χ1n) is 23.0. The lowest BCUT2D eigenvalue weighted by Gasteiger charge is -2.25. The van der Waals surface area contributed by atoms with Crippen LogP contribution in [0.25, 0.3) is 0 Å². The predicted molar refractivity (Wildman–Crippen MR) is 240 cm³/mol. The molecule has 0 aliphatic rings. The molecule has 0 rings (SSSR count). The van der Waals surface area contributed by atoms with Crippen molar-refractivity contribution in [2.75, 3.05) is 40.9 Å². The number of unbranched alkanes of at least 4 members (excludes halogenated alkanes) is 22. The zero-order chi connectivity index (χ0) is 41.4. The second-order valence-corrected chi connectivity index (χ2v) is 18.2. The van der Waals surface area contributed by atoms with Gasteiger partial charge in [-0.15, -0.1) is 0 Å². The van der Waals surface area contributed by atoms with Crippen molar-refractivity contribution >= 4 is 13.7 Å². The fourth-order valence-corrected chi connectivity index (χ4v) is 7.08. The number of rotatable bonds is 41. The average molecular weight is 810 g/mol. The van der Waals surface area contributed by atoms with Crippen molar-refractivity contribution in [3.8, 4) is 0 Å². The highest BCUT2D eigenvalue weighted by Crippen LogP contribution is 2.43. The first-order valence-corrected chi connectivity index (χ1v) is 24.5. The molecule has 0 fully saturated rings. The number of carbonyl (C=O) groups excluding carboxylic acids is 1. The Morgan fingerprint density at radius 2 is 1.02 bits per heavy atom. The minimum atomic E-state index is -4.34. The molecule has 328 valence electrons. The zero-order valence-electron chi connectivity index (χ0n) is 37.1. The molecule has 0 aliphatic carbocycles. The number of nitrogens with zero attached hydrogens (tertiary/aromatic N) is 1. The van der Waals surface area contributed by atoms with E-state index >= 15 is 0 Å². The van der Waals surface area contributed by atoms with Crippen LogP contribution in [0.2, 0.25) is 0 Å². The van der Waals surface area contributed by atoms with Crippen LogP contribution in [0.4, 0.5) is 0 Å². The number of phosphoric ester groups is 1. The van der Waals surface area contributed by atoms with Crippen LogP contribution in [0.15, 0.2) is 48.6 Å². The van der Waals surface area contributed by atoms with E-state index in [2.05, 4.69) is 55.6 Å². The average Bonchev–Trinajstić information content (AvgIpc) is 3.15. The molecule has 0 saturated carbocycles. The van der Waals surface area contributed by atoms with Crippen LogP contribution in [-0.2, 0) is 18.4 Å². The number of phosphoric acid groups is 1. The number of nitrogens with one attached hydrogen (secondary N) is 1. The van der Waals surface area contributed by atoms with E-state index in [-0.39, 0.29) is 19.1 Å². The van der Waals surface area contributed by atoms with Crippen molar-refractivity contribution in [1.82, 2.24) is 5.32 Å². The summed E-state index contributed by atoms with van der Waals surface area (Å²) in [6.07, 6.45) is 48.9. The number of allylic oxidation sites excluding steroid dienone is 7. The largest absolute Gasteiger partial charge is 0.472 e. The van der Waals surface area contributed by atoms with E-state index in [1.165, 1.54) is 109 Å². The molecule has 8 nitrogen and oxygen atoms in total. The lowest BCUT2D eigenvalue weighted by molar-refractivity contribution is -0.870. The molecule has 0 saturated heterocycles. The SMILES string of the molecule is CCCCCCC/C=C\C/C=C\C/C=C\CCCCCCCCC(=O)NC(COP(=O)(O)OCC[N+](C)(C)C)C(O)/C=C/CCCCCCCCCCCCC. The van der Waals surface area contributed by atoms with Crippen LogP contribution in [0.1, 0.15) is 194 Å². The number of hydrogen-bond acceptors (Lipinski definition) is 5. The van der Waals surface area contributed by atoms with E-state index in [9.17, 15) is 19.4 Å². The monoisotopic (exact) mass is 810 g/mol. The van der Waals surface area contributed by atoms with Crippen molar-refractivity contribution in [2.45, 2.75) is 206 Å². The molecule has 3 unspecified atom stereocenters. The van der Waals surface area contributed by atoms with Gasteiger partial charge in [0.1, 0.15) is 13.2 Å². The Hall–Kier alpha value is -1.54. The van der Waals surface area contributed by atoms with Crippen LogP contribution in [-0.4, -0.2) is 73.4 Å². The second-order valence-electron chi connectivity index (χ2n) is 16.8. The highest BCUT2D eigenvalue weighted by atomic mass is 31.2. The molecule has 0 radical (unpaired) electrons. The van der Waals surface area contributed by atoms with Crippen molar-refractivity contribution in [3.05, 3.63) is 48.6 Å². The van der Waals surface area contributed by atoms with Gasteiger partial charge >= 0.3 is 7.82 Å². The zero-order valence-corrected chi connectivity index (χ0v) is 38.0. The lowest BCUT2D eigenvalue weighted by Crippen LogP contribution is -2.45. The Labute approximate surface area is 346 Å². The van der Waals surface area contributed by atoms with Gasteiger partial charge in [0, 0.05) is 6.42 Å². The van der Waals surface area contributed by atoms with Gasteiger partial charge in [-0.3, -0.25) is 13.8 Å². The van der Waals surface area contributed by atoms with Crippen molar-refractivity contribution in [3.63, 3.8) is 0 Å². The van der Waals surface area contributed by atoms with E-state index in [1.54, 1.807) is 6.08 Å². The molecule has 0 aromatic rings. The van der Waals surface area contributed by atoms with E-state index in [0.29, 0.717) is 17.4 Å². The summed E-state index contributed by atoms with van der Waals surface area (Å²) >= 11 is 0. The highest BCUT2D eigenvalue weighted by Gasteiger charge is 2.27. The van der Waals surface area contributed by atoms with Crippen molar-refractivity contribution in [2.24, 2.45) is 0 Å². The van der Waals surface area contributed by atoms with E-state index in [1.807, 2.05) is 27.2 Å². The summed E-state index contributed by atoms with van der Waals surface area (Å²) in [5.41, 5.74) is 0. The van der Waals surface area contributed by atoms with Gasteiger partial charge in [-0.1, -0.05) is 178 Å². The molecular weight excluding hydrogens is 719 g/mol. The van der Waals surface area contributed by atoms with Crippen LogP contribution >= 0.6 is 7.82 Å². The summed E-state index contributed by atoms with van der Waals surface area (Å²) in [6.45, 7) is 4.78. The Balaban J connectivity index is 4.40. The summed E-state index contributed by atoms with van der Waals surface area (Å²) in [7, 11) is 1.56. The fraction of sp³-hybridized carbons (Fsp3) is 0.809. The fourth-order valence-electron chi connectivity index (χ4n) is 6.34. The number of amides is 1. The van der Waals surface area contributed by atoms with E-state index < -0.39 is 20.0 Å². The molecule has 3 atom stereocenters. The summed E-state index contributed by atoms with van der Waals surface area (Å²) in [4.78, 5) is 23.1. The van der Waals surface area contributed by atoms with E-state index in [0.717, 1.165) is 64.2 Å². The van der Waals surface area contributed by atoms with Crippen LogP contribution in [0, 0.1) is 0 Å². The number of likely N-dealkylation sites (N-methyl/N-ethyl adjacent to an activating group) is 1. The Bertz CT molecular complexity index is 1050.